The molecule has 2 saturated heterocycles. The normalized spacial score (nSPS) is 43.8. The van der Waals surface area contributed by atoms with Crippen molar-refractivity contribution < 1.29 is 19.7 Å². The molecule has 0 bridgehead atoms. The Morgan fingerprint density at radius 2 is 1.55 bits per heavy atom. The predicted molar refractivity (Wildman–Crippen MR) is 86.7 cm³/mol. The summed E-state index contributed by atoms with van der Waals surface area (Å²) in [5.74, 6) is 0. The lowest BCUT2D eigenvalue weighted by atomic mass is 9.69. The van der Waals surface area contributed by atoms with Crippen molar-refractivity contribution in [2.24, 2.45) is 10.8 Å². The Bertz CT molecular complexity index is 408. The van der Waals surface area contributed by atoms with E-state index in [0.717, 1.165) is 0 Å². The molecule has 5 atom stereocenters. The number of hydrogen-bond donors (Lipinski definition) is 2. The molecule has 0 aromatic heterocycles. The molecule has 2 rings (SSSR count). The summed E-state index contributed by atoms with van der Waals surface area (Å²) in [6, 6.07) is 0. The summed E-state index contributed by atoms with van der Waals surface area (Å²) in [4.78, 5) is 0. The Kier molecular flexibility index (Phi) is 4.49. The second-order valence-electron chi connectivity index (χ2n) is 9.30. The van der Waals surface area contributed by atoms with Crippen LogP contribution in [0.1, 0.15) is 67.7 Å². The highest BCUT2D eigenvalue weighted by atomic mass is 16.5. The van der Waals surface area contributed by atoms with Gasteiger partial charge in [0.1, 0.15) is 0 Å². The Hall–Kier alpha value is -0.160. The fourth-order valence-corrected chi connectivity index (χ4v) is 4.03. The van der Waals surface area contributed by atoms with Gasteiger partial charge in [-0.15, -0.1) is 0 Å². The van der Waals surface area contributed by atoms with Gasteiger partial charge in [0.2, 0.25) is 0 Å². The van der Waals surface area contributed by atoms with Crippen molar-refractivity contribution in [2.75, 3.05) is 6.61 Å². The second kappa shape index (κ2) is 5.44. The van der Waals surface area contributed by atoms with Gasteiger partial charge in [0.25, 0.3) is 0 Å². The fraction of sp³-hybridized carbons (Fsp3) is 1.00. The minimum atomic E-state index is -0.837. The zero-order chi connectivity index (χ0) is 17.0. The van der Waals surface area contributed by atoms with Gasteiger partial charge in [-0.1, -0.05) is 41.5 Å². The van der Waals surface area contributed by atoms with Gasteiger partial charge in [0.15, 0.2) is 0 Å². The minimum absolute atomic E-state index is 0.0730. The summed E-state index contributed by atoms with van der Waals surface area (Å²) < 4.78 is 11.9. The van der Waals surface area contributed by atoms with E-state index in [1.54, 1.807) is 0 Å². The lowest BCUT2D eigenvalue weighted by molar-refractivity contribution is -0.125. The van der Waals surface area contributed by atoms with E-state index < -0.39 is 11.2 Å². The molecule has 2 aliphatic heterocycles. The fourth-order valence-electron chi connectivity index (χ4n) is 4.03. The van der Waals surface area contributed by atoms with E-state index in [1.165, 1.54) is 0 Å². The molecule has 0 aliphatic carbocycles. The number of ether oxygens (including phenoxy) is 2. The molecule has 0 amide bonds. The molecule has 2 fully saturated rings. The second-order valence-corrected chi connectivity index (χ2v) is 9.30. The Morgan fingerprint density at radius 3 is 2.00 bits per heavy atom. The van der Waals surface area contributed by atoms with Crippen LogP contribution >= 0.6 is 0 Å². The van der Waals surface area contributed by atoms with Gasteiger partial charge >= 0.3 is 0 Å². The van der Waals surface area contributed by atoms with Gasteiger partial charge in [-0.25, -0.2) is 0 Å². The van der Waals surface area contributed by atoms with Crippen LogP contribution in [-0.4, -0.2) is 46.3 Å². The van der Waals surface area contributed by atoms with Gasteiger partial charge in [0.05, 0.1) is 29.5 Å². The molecule has 2 N–H and O–H groups in total. The highest BCUT2D eigenvalue weighted by molar-refractivity contribution is 5.06. The molecule has 2 heterocycles. The largest absolute Gasteiger partial charge is 0.387 e. The predicted octanol–water partition coefficient (Wildman–Crippen LogP) is 2.90. The first-order valence-corrected chi connectivity index (χ1v) is 8.53. The zero-order valence-electron chi connectivity index (χ0n) is 15.3. The van der Waals surface area contributed by atoms with Crippen LogP contribution in [0.3, 0.4) is 0 Å². The Morgan fingerprint density at radius 1 is 1.00 bits per heavy atom. The lowest BCUT2D eigenvalue weighted by Crippen LogP contribution is -2.50. The topological polar surface area (TPSA) is 58.9 Å². The summed E-state index contributed by atoms with van der Waals surface area (Å²) in [5.41, 5.74) is -2.14. The van der Waals surface area contributed by atoms with Gasteiger partial charge in [-0.2, -0.15) is 0 Å². The SMILES string of the molecule is C[C@H]1OC(CC2OCCC2(O)C(C)(C)C)C[C@]1(O)C(C)(C)C. The average Bonchev–Trinajstić information content (AvgIpc) is 2.82. The van der Waals surface area contributed by atoms with Crippen LogP contribution in [0, 0.1) is 10.8 Å². The van der Waals surface area contributed by atoms with E-state index in [0.29, 0.717) is 25.9 Å². The maximum absolute atomic E-state index is 11.1. The third-order valence-electron chi connectivity index (χ3n) is 6.02. The summed E-state index contributed by atoms with van der Waals surface area (Å²) in [7, 11) is 0. The van der Waals surface area contributed by atoms with Crippen molar-refractivity contribution >= 4 is 0 Å². The van der Waals surface area contributed by atoms with Crippen LogP contribution in [0.4, 0.5) is 0 Å². The first-order valence-electron chi connectivity index (χ1n) is 8.53. The van der Waals surface area contributed by atoms with Crippen LogP contribution in [0.15, 0.2) is 0 Å². The molecule has 0 saturated carbocycles. The minimum Gasteiger partial charge on any atom is -0.387 e. The molecular weight excluding hydrogens is 280 g/mol. The quantitative estimate of drug-likeness (QED) is 0.823. The molecule has 22 heavy (non-hydrogen) atoms. The van der Waals surface area contributed by atoms with Crippen LogP contribution < -0.4 is 0 Å². The Balaban J connectivity index is 2.10. The average molecular weight is 314 g/mol. The van der Waals surface area contributed by atoms with Crippen molar-refractivity contribution in [3.05, 3.63) is 0 Å². The number of aliphatic hydroxyl groups is 2. The first-order chi connectivity index (χ1) is 9.81. The molecule has 3 unspecified atom stereocenters. The van der Waals surface area contributed by atoms with E-state index >= 15 is 0 Å². The summed E-state index contributed by atoms with van der Waals surface area (Å²) >= 11 is 0. The molecular formula is C18H34O4. The van der Waals surface area contributed by atoms with Gasteiger partial charge in [0, 0.05) is 25.9 Å². The third kappa shape index (κ3) is 2.83. The number of hydrogen-bond acceptors (Lipinski definition) is 4. The van der Waals surface area contributed by atoms with Crippen molar-refractivity contribution in [2.45, 2.75) is 97.2 Å². The van der Waals surface area contributed by atoms with Crippen LogP contribution in [-0.2, 0) is 9.47 Å². The maximum atomic E-state index is 11.1. The van der Waals surface area contributed by atoms with E-state index in [2.05, 4.69) is 20.8 Å². The van der Waals surface area contributed by atoms with Gasteiger partial charge in [-0.05, 0) is 17.8 Å². The maximum Gasteiger partial charge on any atom is 0.0978 e. The standard InChI is InChI=1S/C18H34O4/c1-12-18(20,16(5,6)7)11-13(22-12)10-14-17(19,8-9-21-14)15(2,3)4/h12-14,19-20H,8-11H2,1-7H3/t12-,13?,14?,17?,18-/m1/s1. The molecule has 130 valence electrons. The molecule has 2 aliphatic rings. The molecule has 4 heteroatoms. The highest BCUT2D eigenvalue weighted by Gasteiger charge is 2.56. The van der Waals surface area contributed by atoms with Crippen molar-refractivity contribution in [1.82, 2.24) is 0 Å². The summed E-state index contributed by atoms with van der Waals surface area (Å²) in [5, 5.41) is 22.1. The lowest BCUT2D eigenvalue weighted by Gasteiger charge is -2.41. The van der Waals surface area contributed by atoms with Gasteiger partial charge in [-0.3, -0.25) is 0 Å². The van der Waals surface area contributed by atoms with Crippen LogP contribution in [0.25, 0.3) is 0 Å². The third-order valence-corrected chi connectivity index (χ3v) is 6.02. The Labute approximate surface area is 135 Å². The van der Waals surface area contributed by atoms with E-state index in [4.69, 9.17) is 9.47 Å². The molecule has 0 aromatic rings. The van der Waals surface area contributed by atoms with E-state index in [9.17, 15) is 10.2 Å². The van der Waals surface area contributed by atoms with E-state index in [1.807, 2.05) is 27.7 Å². The zero-order valence-corrected chi connectivity index (χ0v) is 15.3. The van der Waals surface area contributed by atoms with Crippen molar-refractivity contribution in [3.8, 4) is 0 Å². The van der Waals surface area contributed by atoms with Gasteiger partial charge < -0.3 is 19.7 Å². The smallest absolute Gasteiger partial charge is 0.0978 e. The molecule has 0 radical (unpaired) electrons. The van der Waals surface area contributed by atoms with Crippen molar-refractivity contribution in [3.63, 3.8) is 0 Å². The molecule has 0 spiro atoms. The van der Waals surface area contributed by atoms with Crippen molar-refractivity contribution in [1.29, 1.82) is 0 Å². The monoisotopic (exact) mass is 314 g/mol. The highest BCUT2D eigenvalue weighted by Crippen LogP contribution is 2.48. The first kappa shape index (κ1) is 18.2. The summed E-state index contributed by atoms with van der Waals surface area (Å²) in [6.45, 7) is 14.8. The van der Waals surface area contributed by atoms with Crippen LogP contribution in [0.5, 0.6) is 0 Å². The molecule has 4 nitrogen and oxygen atoms in total. The van der Waals surface area contributed by atoms with E-state index in [-0.39, 0.29) is 29.1 Å². The van der Waals surface area contributed by atoms with Crippen LogP contribution in [0.2, 0.25) is 0 Å². The summed E-state index contributed by atoms with van der Waals surface area (Å²) in [6.07, 6.45) is 1.38. The number of rotatable bonds is 2. The molecule has 0 aromatic carbocycles.